The molecule has 0 radical (unpaired) electrons. The van der Waals surface area contributed by atoms with Gasteiger partial charge in [0.2, 0.25) is 0 Å². The number of anilines is 1. The second-order valence-electron chi connectivity index (χ2n) is 3.93. The highest BCUT2D eigenvalue weighted by Crippen LogP contribution is 2.13. The molecule has 6 heteroatoms. The van der Waals surface area contributed by atoms with Gasteiger partial charge < -0.3 is 9.73 Å². The highest BCUT2D eigenvalue weighted by molar-refractivity contribution is 14.1. The van der Waals surface area contributed by atoms with Crippen LogP contribution < -0.4 is 5.32 Å². The van der Waals surface area contributed by atoms with Crippen molar-refractivity contribution in [2.45, 2.75) is 6.54 Å². The summed E-state index contributed by atoms with van der Waals surface area (Å²) in [5.74, 6) is 1.75. The Hall–Kier alpha value is -1.83. The molecule has 5 nitrogen and oxygen atoms in total. The third-order valence-electron chi connectivity index (χ3n) is 2.61. The van der Waals surface area contributed by atoms with Crippen molar-refractivity contribution in [3.63, 3.8) is 0 Å². The molecule has 3 rings (SSSR count). The van der Waals surface area contributed by atoms with E-state index in [4.69, 9.17) is 4.42 Å². The zero-order chi connectivity index (χ0) is 13.1. The maximum Gasteiger partial charge on any atom is 0.164 e. The minimum atomic E-state index is 0.648. The summed E-state index contributed by atoms with van der Waals surface area (Å²) >= 11 is 2.15. The van der Waals surface area contributed by atoms with Gasteiger partial charge in [-0.3, -0.25) is 4.57 Å². The Kier molecular flexibility index (Phi) is 3.49. The first-order valence-electron chi connectivity index (χ1n) is 5.74. The van der Waals surface area contributed by atoms with Gasteiger partial charge >= 0.3 is 0 Å². The standard InChI is InChI=1S/C13H11IN4O/c14-12-3-2-11(19-12)8-16-10-1-4-13(17-7-10)18-6-5-15-9-18/h1-7,9,16H,8H2. The van der Waals surface area contributed by atoms with E-state index < -0.39 is 0 Å². The molecule has 0 fully saturated rings. The maximum atomic E-state index is 5.48. The Labute approximate surface area is 123 Å². The monoisotopic (exact) mass is 366 g/mol. The smallest absolute Gasteiger partial charge is 0.164 e. The third-order valence-corrected chi connectivity index (χ3v) is 3.19. The van der Waals surface area contributed by atoms with Crippen molar-refractivity contribution in [1.82, 2.24) is 14.5 Å². The van der Waals surface area contributed by atoms with Crippen molar-refractivity contribution in [1.29, 1.82) is 0 Å². The molecular weight excluding hydrogens is 355 g/mol. The van der Waals surface area contributed by atoms with Crippen LogP contribution in [0.25, 0.3) is 5.82 Å². The first-order valence-corrected chi connectivity index (χ1v) is 6.81. The summed E-state index contributed by atoms with van der Waals surface area (Å²) in [5, 5.41) is 3.26. The molecule has 0 aliphatic heterocycles. The maximum absolute atomic E-state index is 5.48. The molecule has 0 saturated carbocycles. The number of pyridine rings is 1. The zero-order valence-corrected chi connectivity index (χ0v) is 12.1. The van der Waals surface area contributed by atoms with E-state index in [1.807, 2.05) is 35.0 Å². The van der Waals surface area contributed by atoms with Crippen molar-refractivity contribution in [3.05, 3.63) is 58.7 Å². The average Bonchev–Trinajstić information content (AvgIpc) is 3.08. The molecule has 3 aromatic heterocycles. The van der Waals surface area contributed by atoms with Crippen LogP contribution >= 0.6 is 22.6 Å². The van der Waals surface area contributed by atoms with Gasteiger partial charge in [0.05, 0.1) is 18.4 Å². The minimum Gasteiger partial charge on any atom is -0.454 e. The number of imidazole rings is 1. The van der Waals surface area contributed by atoms with Crippen LogP contribution in [0.4, 0.5) is 5.69 Å². The van der Waals surface area contributed by atoms with Crippen LogP contribution in [0.2, 0.25) is 0 Å². The molecule has 1 N–H and O–H groups in total. The van der Waals surface area contributed by atoms with Gasteiger partial charge in [0.1, 0.15) is 17.9 Å². The fraction of sp³-hybridized carbons (Fsp3) is 0.0769. The Morgan fingerprint density at radius 3 is 2.84 bits per heavy atom. The first kappa shape index (κ1) is 12.2. The molecule has 3 heterocycles. The predicted molar refractivity (Wildman–Crippen MR) is 80.1 cm³/mol. The van der Waals surface area contributed by atoms with Gasteiger partial charge in [0.15, 0.2) is 3.77 Å². The Morgan fingerprint density at radius 1 is 1.26 bits per heavy atom. The van der Waals surface area contributed by atoms with Gasteiger partial charge in [-0.25, -0.2) is 9.97 Å². The van der Waals surface area contributed by atoms with E-state index in [0.717, 1.165) is 21.0 Å². The summed E-state index contributed by atoms with van der Waals surface area (Å²) < 4.78 is 8.23. The van der Waals surface area contributed by atoms with E-state index >= 15 is 0 Å². The molecule has 0 aromatic carbocycles. The average molecular weight is 366 g/mol. The number of rotatable bonds is 4. The fourth-order valence-electron chi connectivity index (χ4n) is 1.67. The molecule has 0 aliphatic carbocycles. The first-order chi connectivity index (χ1) is 9.31. The van der Waals surface area contributed by atoms with E-state index in [1.54, 1.807) is 18.7 Å². The van der Waals surface area contributed by atoms with Gasteiger partial charge in [0, 0.05) is 12.4 Å². The lowest BCUT2D eigenvalue weighted by molar-refractivity contribution is 0.493. The Morgan fingerprint density at radius 2 is 2.21 bits per heavy atom. The Balaban J connectivity index is 1.66. The molecule has 19 heavy (non-hydrogen) atoms. The quantitative estimate of drug-likeness (QED) is 0.722. The largest absolute Gasteiger partial charge is 0.454 e. The van der Waals surface area contributed by atoms with Crippen LogP contribution in [0.15, 0.2) is 53.6 Å². The lowest BCUT2D eigenvalue weighted by Gasteiger charge is -2.05. The van der Waals surface area contributed by atoms with Gasteiger partial charge in [-0.15, -0.1) is 0 Å². The molecule has 0 spiro atoms. The van der Waals surface area contributed by atoms with Crippen LogP contribution in [-0.4, -0.2) is 14.5 Å². The SMILES string of the molecule is Ic1ccc(CNc2ccc(-n3ccnc3)nc2)o1. The second-order valence-corrected chi connectivity index (χ2v) is 5.00. The van der Waals surface area contributed by atoms with Crippen LogP contribution in [0, 0.1) is 3.77 Å². The molecular formula is C13H11IN4O. The number of hydrogen-bond acceptors (Lipinski definition) is 4. The number of nitrogens with zero attached hydrogens (tertiary/aromatic N) is 3. The highest BCUT2D eigenvalue weighted by Gasteiger charge is 2.01. The number of halogens is 1. The lowest BCUT2D eigenvalue weighted by Crippen LogP contribution is -2.00. The summed E-state index contributed by atoms with van der Waals surface area (Å²) in [6.07, 6.45) is 7.11. The molecule has 0 saturated heterocycles. The van der Waals surface area contributed by atoms with E-state index in [2.05, 4.69) is 37.9 Å². The molecule has 0 amide bonds. The van der Waals surface area contributed by atoms with Crippen LogP contribution in [0.1, 0.15) is 5.76 Å². The molecule has 96 valence electrons. The minimum absolute atomic E-state index is 0.648. The molecule has 0 unspecified atom stereocenters. The number of hydrogen-bond donors (Lipinski definition) is 1. The van der Waals surface area contributed by atoms with Crippen molar-refractivity contribution < 1.29 is 4.42 Å². The van der Waals surface area contributed by atoms with Gasteiger partial charge in [-0.05, 0) is 46.9 Å². The van der Waals surface area contributed by atoms with Crippen molar-refractivity contribution in [3.8, 4) is 5.82 Å². The summed E-state index contributed by atoms with van der Waals surface area (Å²) in [6, 6.07) is 7.83. The lowest BCUT2D eigenvalue weighted by atomic mass is 10.3. The number of aromatic nitrogens is 3. The summed E-state index contributed by atoms with van der Waals surface area (Å²) in [6.45, 7) is 0.648. The third kappa shape index (κ3) is 2.95. The van der Waals surface area contributed by atoms with Crippen molar-refractivity contribution >= 4 is 28.3 Å². The van der Waals surface area contributed by atoms with E-state index in [0.29, 0.717) is 6.54 Å². The van der Waals surface area contributed by atoms with E-state index in [9.17, 15) is 0 Å². The van der Waals surface area contributed by atoms with E-state index in [-0.39, 0.29) is 0 Å². The topological polar surface area (TPSA) is 55.9 Å². The number of nitrogens with one attached hydrogen (secondary N) is 1. The summed E-state index contributed by atoms with van der Waals surface area (Å²) in [4.78, 5) is 8.36. The predicted octanol–water partition coefficient (Wildman–Crippen LogP) is 3.08. The van der Waals surface area contributed by atoms with E-state index in [1.165, 1.54) is 0 Å². The van der Waals surface area contributed by atoms with Crippen LogP contribution in [0.3, 0.4) is 0 Å². The normalized spacial score (nSPS) is 10.6. The fourth-order valence-corrected chi connectivity index (χ4v) is 2.14. The van der Waals surface area contributed by atoms with Crippen LogP contribution in [-0.2, 0) is 6.54 Å². The van der Waals surface area contributed by atoms with Crippen molar-refractivity contribution in [2.75, 3.05) is 5.32 Å². The van der Waals surface area contributed by atoms with Gasteiger partial charge in [-0.2, -0.15) is 0 Å². The van der Waals surface area contributed by atoms with Crippen LogP contribution in [0.5, 0.6) is 0 Å². The van der Waals surface area contributed by atoms with Crippen molar-refractivity contribution in [2.24, 2.45) is 0 Å². The summed E-state index contributed by atoms with van der Waals surface area (Å²) in [5.41, 5.74) is 0.954. The summed E-state index contributed by atoms with van der Waals surface area (Å²) in [7, 11) is 0. The molecule has 3 aromatic rings. The Bertz CT molecular complexity index is 646. The molecule has 0 atom stereocenters. The highest BCUT2D eigenvalue weighted by atomic mass is 127. The van der Waals surface area contributed by atoms with Gasteiger partial charge in [-0.1, -0.05) is 0 Å². The second kappa shape index (κ2) is 5.43. The zero-order valence-electron chi connectivity index (χ0n) is 9.95. The molecule has 0 bridgehead atoms. The van der Waals surface area contributed by atoms with Gasteiger partial charge in [0.25, 0.3) is 0 Å². The number of furan rings is 1. The molecule has 0 aliphatic rings.